The first-order chi connectivity index (χ1) is 13.7. The first-order valence-corrected chi connectivity index (χ1v) is 9.33. The van der Waals surface area contributed by atoms with Crippen molar-refractivity contribution in [2.75, 3.05) is 23.3 Å². The smallest absolute Gasteiger partial charge is 0.269 e. The zero-order valence-electron chi connectivity index (χ0n) is 15.4. The molecule has 1 saturated heterocycles. The highest BCUT2D eigenvalue weighted by Crippen LogP contribution is 2.21. The molecule has 1 aliphatic heterocycles. The molecule has 1 N–H and O–H groups in total. The Bertz CT molecular complexity index is 1010. The number of hydrogen-bond donors (Lipinski definition) is 1. The van der Waals surface area contributed by atoms with E-state index in [0.717, 1.165) is 41.9 Å². The lowest BCUT2D eigenvalue weighted by Crippen LogP contribution is -2.33. The molecule has 0 saturated carbocycles. The molecule has 0 atom stereocenters. The van der Waals surface area contributed by atoms with Gasteiger partial charge in [0.05, 0.1) is 11.9 Å². The summed E-state index contributed by atoms with van der Waals surface area (Å²) in [6.45, 7) is 1.67. The van der Waals surface area contributed by atoms with Crippen LogP contribution in [-0.4, -0.2) is 33.9 Å². The zero-order valence-corrected chi connectivity index (χ0v) is 15.4. The fourth-order valence-corrected chi connectivity index (χ4v) is 3.26. The van der Waals surface area contributed by atoms with Crippen LogP contribution in [0.15, 0.2) is 58.0 Å². The van der Waals surface area contributed by atoms with Gasteiger partial charge in [-0.1, -0.05) is 35.5 Å². The monoisotopic (exact) mass is 379 g/mol. The minimum Gasteiger partial charge on any atom is -0.370 e. The van der Waals surface area contributed by atoms with Crippen LogP contribution in [0.25, 0.3) is 11.3 Å². The summed E-state index contributed by atoms with van der Waals surface area (Å²) >= 11 is 0. The third-order valence-electron chi connectivity index (χ3n) is 4.71. The summed E-state index contributed by atoms with van der Waals surface area (Å²) in [7, 11) is 0. The van der Waals surface area contributed by atoms with E-state index in [2.05, 4.69) is 20.5 Å². The van der Waals surface area contributed by atoms with Crippen molar-refractivity contribution in [1.82, 2.24) is 14.9 Å². The van der Waals surface area contributed by atoms with Crippen LogP contribution in [0.3, 0.4) is 0 Å². The SMILES string of the molecule is O=C(Cn1ncc(N2CCCCC2)cc1=O)Nc1cc(-c2ccccc2)no1. The number of hydrogen-bond acceptors (Lipinski definition) is 6. The highest BCUT2D eigenvalue weighted by Gasteiger charge is 2.14. The van der Waals surface area contributed by atoms with Gasteiger partial charge in [0.2, 0.25) is 11.8 Å². The van der Waals surface area contributed by atoms with E-state index in [-0.39, 0.29) is 18.0 Å². The van der Waals surface area contributed by atoms with E-state index in [4.69, 9.17) is 4.52 Å². The van der Waals surface area contributed by atoms with Gasteiger partial charge in [-0.25, -0.2) is 4.68 Å². The molecular formula is C20H21N5O3. The molecule has 0 bridgehead atoms. The fraction of sp³-hybridized carbons (Fsp3) is 0.300. The Morgan fingerprint density at radius 2 is 1.89 bits per heavy atom. The van der Waals surface area contributed by atoms with Crippen molar-refractivity contribution >= 4 is 17.5 Å². The Morgan fingerprint density at radius 3 is 2.64 bits per heavy atom. The molecule has 1 aliphatic rings. The van der Waals surface area contributed by atoms with E-state index in [0.29, 0.717) is 5.69 Å². The van der Waals surface area contributed by atoms with Crippen molar-refractivity contribution in [1.29, 1.82) is 0 Å². The van der Waals surface area contributed by atoms with E-state index in [1.54, 1.807) is 12.3 Å². The highest BCUT2D eigenvalue weighted by atomic mass is 16.5. The maximum Gasteiger partial charge on any atom is 0.269 e. The average molecular weight is 379 g/mol. The molecule has 28 heavy (non-hydrogen) atoms. The van der Waals surface area contributed by atoms with E-state index >= 15 is 0 Å². The Morgan fingerprint density at radius 1 is 1.11 bits per heavy atom. The maximum absolute atomic E-state index is 12.3. The minimum atomic E-state index is -0.406. The second-order valence-electron chi connectivity index (χ2n) is 6.75. The van der Waals surface area contributed by atoms with Gasteiger partial charge in [-0.3, -0.25) is 14.9 Å². The lowest BCUT2D eigenvalue weighted by Gasteiger charge is -2.28. The number of aromatic nitrogens is 3. The van der Waals surface area contributed by atoms with Gasteiger partial charge in [-0.15, -0.1) is 0 Å². The number of carbonyl (C=O) groups is 1. The van der Waals surface area contributed by atoms with Crippen LogP contribution < -0.4 is 15.8 Å². The number of nitrogens with one attached hydrogen (secondary N) is 1. The van der Waals surface area contributed by atoms with Crippen LogP contribution in [-0.2, 0) is 11.3 Å². The summed E-state index contributed by atoms with van der Waals surface area (Å²) in [4.78, 5) is 26.7. The van der Waals surface area contributed by atoms with Gasteiger partial charge >= 0.3 is 0 Å². The first kappa shape index (κ1) is 18.0. The number of carbonyl (C=O) groups excluding carboxylic acids is 1. The van der Waals surface area contributed by atoms with Gasteiger partial charge in [0.1, 0.15) is 12.2 Å². The van der Waals surface area contributed by atoms with Crippen LogP contribution in [0.2, 0.25) is 0 Å². The molecule has 3 aromatic rings. The minimum absolute atomic E-state index is 0.194. The Labute approximate surface area is 161 Å². The summed E-state index contributed by atoms with van der Waals surface area (Å²) in [5.41, 5.74) is 2.01. The van der Waals surface area contributed by atoms with Crippen molar-refractivity contribution in [3.05, 3.63) is 59.0 Å². The second-order valence-corrected chi connectivity index (χ2v) is 6.75. The molecule has 0 spiro atoms. The summed E-state index contributed by atoms with van der Waals surface area (Å²) in [6, 6.07) is 12.7. The quantitative estimate of drug-likeness (QED) is 0.732. The summed E-state index contributed by atoms with van der Waals surface area (Å²) < 4.78 is 6.30. The summed E-state index contributed by atoms with van der Waals surface area (Å²) in [5.74, 6) is -0.182. The number of amides is 1. The molecule has 2 aromatic heterocycles. The molecule has 1 fully saturated rings. The van der Waals surface area contributed by atoms with Crippen LogP contribution in [0.1, 0.15) is 19.3 Å². The molecule has 8 nitrogen and oxygen atoms in total. The van der Waals surface area contributed by atoms with Crippen molar-refractivity contribution in [3.8, 4) is 11.3 Å². The average Bonchev–Trinajstić information content (AvgIpc) is 3.19. The van der Waals surface area contributed by atoms with Crippen molar-refractivity contribution in [3.63, 3.8) is 0 Å². The molecule has 0 unspecified atom stereocenters. The number of piperidine rings is 1. The topological polar surface area (TPSA) is 93.3 Å². The standard InChI is InChI=1S/C20H21N5O3/c26-18(22-19-12-17(23-28-19)15-7-3-1-4-8-15)14-25-20(27)11-16(13-21-25)24-9-5-2-6-10-24/h1,3-4,7-8,11-13H,2,5-6,9-10,14H2,(H,22,26). The van der Waals surface area contributed by atoms with Gasteiger partial charge < -0.3 is 9.42 Å². The molecular weight excluding hydrogens is 358 g/mol. The second kappa shape index (κ2) is 8.08. The van der Waals surface area contributed by atoms with E-state index in [9.17, 15) is 9.59 Å². The van der Waals surface area contributed by atoms with Crippen LogP contribution in [0.4, 0.5) is 11.6 Å². The van der Waals surface area contributed by atoms with Crippen molar-refractivity contribution in [2.24, 2.45) is 0 Å². The van der Waals surface area contributed by atoms with E-state index in [1.165, 1.54) is 12.5 Å². The Kier molecular flexibility index (Phi) is 5.18. The van der Waals surface area contributed by atoms with Gasteiger partial charge in [-0.05, 0) is 19.3 Å². The first-order valence-electron chi connectivity index (χ1n) is 9.33. The van der Waals surface area contributed by atoms with E-state index in [1.807, 2.05) is 30.3 Å². The molecule has 0 aliphatic carbocycles. The molecule has 8 heteroatoms. The summed E-state index contributed by atoms with van der Waals surface area (Å²) in [5, 5.41) is 10.7. The summed E-state index contributed by atoms with van der Waals surface area (Å²) in [6.07, 6.45) is 5.10. The normalized spacial score (nSPS) is 14.1. The van der Waals surface area contributed by atoms with Gasteiger partial charge in [0, 0.05) is 30.8 Å². The molecule has 1 amide bonds. The molecule has 1 aromatic carbocycles. The lowest BCUT2D eigenvalue weighted by molar-refractivity contribution is -0.117. The molecule has 4 rings (SSSR count). The van der Waals surface area contributed by atoms with Crippen molar-refractivity contribution < 1.29 is 9.32 Å². The number of nitrogens with zero attached hydrogens (tertiary/aromatic N) is 4. The predicted molar refractivity (Wildman–Crippen MR) is 105 cm³/mol. The lowest BCUT2D eigenvalue weighted by atomic mass is 10.1. The third-order valence-corrected chi connectivity index (χ3v) is 4.71. The number of rotatable bonds is 5. The Balaban J connectivity index is 1.40. The largest absolute Gasteiger partial charge is 0.370 e. The Hall–Kier alpha value is -3.42. The predicted octanol–water partition coefficient (Wildman–Crippen LogP) is 2.53. The number of anilines is 2. The third kappa shape index (κ3) is 4.11. The molecule has 144 valence electrons. The van der Waals surface area contributed by atoms with Crippen molar-refractivity contribution in [2.45, 2.75) is 25.8 Å². The molecule has 0 radical (unpaired) electrons. The van der Waals surface area contributed by atoms with Crippen LogP contribution in [0, 0.1) is 0 Å². The van der Waals surface area contributed by atoms with Crippen LogP contribution >= 0.6 is 0 Å². The molecule has 3 heterocycles. The van der Waals surface area contributed by atoms with Gasteiger partial charge in [0.25, 0.3) is 5.56 Å². The van der Waals surface area contributed by atoms with Crippen LogP contribution in [0.5, 0.6) is 0 Å². The van der Waals surface area contributed by atoms with Gasteiger partial charge in [0.15, 0.2) is 0 Å². The number of benzene rings is 1. The maximum atomic E-state index is 12.3. The van der Waals surface area contributed by atoms with Gasteiger partial charge in [-0.2, -0.15) is 5.10 Å². The fourth-order valence-electron chi connectivity index (χ4n) is 3.26. The zero-order chi connectivity index (χ0) is 19.3. The van der Waals surface area contributed by atoms with E-state index < -0.39 is 5.91 Å². The highest BCUT2D eigenvalue weighted by molar-refractivity contribution is 5.89.